The maximum Gasteiger partial charge on any atom is 0.405 e. The molecule has 1 fully saturated rings. The molecule has 1 amide bonds. The number of halogens is 3. The fraction of sp³-hybridized carbons (Fsp3) is 0.533. The normalized spacial score (nSPS) is 19.1. The number of hydrazine groups is 1. The molecule has 132 valence electrons. The Balaban J connectivity index is 2.23. The van der Waals surface area contributed by atoms with Crippen LogP contribution in [0.25, 0.3) is 0 Å². The molecule has 1 atom stereocenters. The van der Waals surface area contributed by atoms with Gasteiger partial charge in [-0.3, -0.25) is 20.3 Å². The van der Waals surface area contributed by atoms with Gasteiger partial charge in [-0.15, -0.1) is 0 Å². The van der Waals surface area contributed by atoms with Crippen molar-refractivity contribution in [2.24, 2.45) is 0 Å². The van der Waals surface area contributed by atoms with E-state index in [-0.39, 0.29) is 24.1 Å². The molecular weight excluding hydrogens is 327 g/mol. The first-order valence-electron chi connectivity index (χ1n) is 7.40. The van der Waals surface area contributed by atoms with Gasteiger partial charge in [-0.1, -0.05) is 18.2 Å². The molecule has 0 aliphatic carbocycles. The van der Waals surface area contributed by atoms with Crippen molar-refractivity contribution < 1.29 is 22.9 Å². The summed E-state index contributed by atoms with van der Waals surface area (Å²) in [5, 5.41) is 11.9. The molecule has 9 heteroatoms. The summed E-state index contributed by atoms with van der Waals surface area (Å²) in [6.45, 7) is 3.10. The molecule has 0 spiro atoms. The van der Waals surface area contributed by atoms with Crippen LogP contribution in [0, 0.1) is 10.1 Å². The predicted octanol–water partition coefficient (Wildman–Crippen LogP) is 2.97. The Morgan fingerprint density at radius 1 is 1.38 bits per heavy atom. The lowest BCUT2D eigenvalue weighted by Crippen LogP contribution is -2.56. The summed E-state index contributed by atoms with van der Waals surface area (Å²) < 4.78 is 40.4. The molecule has 1 aromatic carbocycles. The SMILES string of the molecule is CC1(C)CC(=O)NN1C(CCc1ccccc1[N+](=O)[O-])C(F)(F)F. The number of alkyl halides is 3. The number of hydrogen-bond acceptors (Lipinski definition) is 4. The van der Waals surface area contributed by atoms with Crippen molar-refractivity contribution in [1.29, 1.82) is 0 Å². The maximum absolute atomic E-state index is 13.5. The van der Waals surface area contributed by atoms with E-state index in [1.807, 2.05) is 0 Å². The third-order valence-corrected chi connectivity index (χ3v) is 4.06. The molecule has 0 saturated carbocycles. The van der Waals surface area contributed by atoms with E-state index in [1.54, 1.807) is 19.9 Å². The fourth-order valence-electron chi connectivity index (χ4n) is 2.93. The summed E-state index contributed by atoms with van der Waals surface area (Å²) in [5.74, 6) is -0.472. The van der Waals surface area contributed by atoms with Gasteiger partial charge in [-0.05, 0) is 26.7 Å². The first-order valence-corrected chi connectivity index (χ1v) is 7.40. The highest BCUT2D eigenvalue weighted by Gasteiger charge is 2.51. The zero-order chi connectivity index (χ0) is 18.1. The lowest BCUT2D eigenvalue weighted by atomic mass is 9.97. The Hall–Kier alpha value is -2.16. The van der Waals surface area contributed by atoms with Gasteiger partial charge in [0.1, 0.15) is 6.04 Å². The van der Waals surface area contributed by atoms with Gasteiger partial charge in [0.2, 0.25) is 5.91 Å². The Labute approximate surface area is 136 Å². The highest BCUT2D eigenvalue weighted by Crippen LogP contribution is 2.35. The lowest BCUT2D eigenvalue weighted by Gasteiger charge is -2.37. The Morgan fingerprint density at radius 3 is 2.50 bits per heavy atom. The molecule has 0 radical (unpaired) electrons. The molecule has 0 bridgehead atoms. The van der Waals surface area contributed by atoms with Crippen LogP contribution in [0.1, 0.15) is 32.3 Å². The summed E-state index contributed by atoms with van der Waals surface area (Å²) in [6.07, 6.45) is -5.12. The van der Waals surface area contributed by atoms with Crippen molar-refractivity contribution in [2.45, 2.75) is 50.9 Å². The standard InChI is InChI=1S/C15H18F3N3O3/c1-14(2)9-13(22)19-20(14)12(15(16,17)18)8-7-10-5-3-4-6-11(10)21(23)24/h3-6,12H,7-9H2,1-2H3,(H,19,22). The zero-order valence-corrected chi connectivity index (χ0v) is 13.3. The Bertz CT molecular complexity index is 646. The minimum absolute atomic E-state index is 0.0366. The number of aryl methyl sites for hydroxylation is 1. The smallest absolute Gasteiger partial charge is 0.288 e. The van der Waals surface area contributed by atoms with Crippen molar-refractivity contribution in [3.8, 4) is 0 Å². The van der Waals surface area contributed by atoms with Gasteiger partial charge < -0.3 is 0 Å². The van der Waals surface area contributed by atoms with Gasteiger partial charge in [-0.25, -0.2) is 5.01 Å². The molecule has 2 rings (SSSR count). The number of nitrogens with zero attached hydrogens (tertiary/aromatic N) is 2. The van der Waals surface area contributed by atoms with E-state index in [0.717, 1.165) is 5.01 Å². The molecule has 1 aromatic rings. The minimum atomic E-state index is -4.57. The fourth-order valence-corrected chi connectivity index (χ4v) is 2.93. The van der Waals surface area contributed by atoms with Gasteiger partial charge in [0.25, 0.3) is 5.69 Å². The minimum Gasteiger partial charge on any atom is -0.288 e. The Kier molecular flexibility index (Phi) is 4.84. The van der Waals surface area contributed by atoms with Crippen LogP contribution in [-0.2, 0) is 11.2 Å². The maximum atomic E-state index is 13.5. The third-order valence-electron chi connectivity index (χ3n) is 4.06. The van der Waals surface area contributed by atoms with Gasteiger partial charge in [0.15, 0.2) is 0 Å². The number of rotatable bonds is 5. The average Bonchev–Trinajstić information content (AvgIpc) is 2.70. The highest BCUT2D eigenvalue weighted by atomic mass is 19.4. The molecule has 1 heterocycles. The molecule has 24 heavy (non-hydrogen) atoms. The lowest BCUT2D eigenvalue weighted by molar-refractivity contribution is -0.385. The summed E-state index contributed by atoms with van der Waals surface area (Å²) in [5.41, 5.74) is 1.31. The second-order valence-corrected chi connectivity index (χ2v) is 6.38. The van der Waals surface area contributed by atoms with E-state index < -0.39 is 35.0 Å². The van der Waals surface area contributed by atoms with Crippen LogP contribution in [0.5, 0.6) is 0 Å². The van der Waals surface area contributed by atoms with Crippen LogP contribution in [0.4, 0.5) is 18.9 Å². The van der Waals surface area contributed by atoms with Crippen LogP contribution < -0.4 is 5.43 Å². The van der Waals surface area contributed by atoms with Crippen LogP contribution in [0.15, 0.2) is 24.3 Å². The number of hydrogen-bond donors (Lipinski definition) is 1. The Morgan fingerprint density at radius 2 is 2.00 bits per heavy atom. The summed E-state index contributed by atoms with van der Waals surface area (Å²) in [7, 11) is 0. The van der Waals surface area contributed by atoms with Crippen molar-refractivity contribution in [2.75, 3.05) is 0 Å². The molecule has 6 nitrogen and oxygen atoms in total. The van der Waals surface area contributed by atoms with Gasteiger partial charge in [0.05, 0.1) is 4.92 Å². The first kappa shape index (κ1) is 18.2. The monoisotopic (exact) mass is 345 g/mol. The molecule has 1 aliphatic heterocycles. The summed E-state index contributed by atoms with van der Waals surface area (Å²) in [4.78, 5) is 21.9. The number of nitro groups is 1. The quantitative estimate of drug-likeness (QED) is 0.658. The third kappa shape index (κ3) is 3.84. The van der Waals surface area contributed by atoms with Gasteiger partial charge >= 0.3 is 6.18 Å². The van der Waals surface area contributed by atoms with Crippen LogP contribution in [-0.4, -0.2) is 33.6 Å². The van der Waals surface area contributed by atoms with Crippen LogP contribution >= 0.6 is 0 Å². The van der Waals surface area contributed by atoms with Gasteiger partial charge in [-0.2, -0.15) is 13.2 Å². The van der Waals surface area contributed by atoms with E-state index in [4.69, 9.17) is 0 Å². The van der Waals surface area contributed by atoms with Crippen LogP contribution in [0.2, 0.25) is 0 Å². The van der Waals surface area contributed by atoms with Crippen molar-refractivity contribution in [3.05, 3.63) is 39.9 Å². The van der Waals surface area contributed by atoms with E-state index >= 15 is 0 Å². The van der Waals surface area contributed by atoms with Crippen molar-refractivity contribution in [3.63, 3.8) is 0 Å². The average molecular weight is 345 g/mol. The predicted molar refractivity (Wildman–Crippen MR) is 79.9 cm³/mol. The molecular formula is C15H18F3N3O3. The van der Waals surface area contributed by atoms with Gasteiger partial charge in [0, 0.05) is 23.6 Å². The van der Waals surface area contributed by atoms with Crippen LogP contribution in [0.3, 0.4) is 0 Å². The highest BCUT2D eigenvalue weighted by molar-refractivity contribution is 5.78. The van der Waals surface area contributed by atoms with E-state index in [1.165, 1.54) is 18.2 Å². The summed E-state index contributed by atoms with van der Waals surface area (Å²) in [6, 6.07) is 3.80. The summed E-state index contributed by atoms with van der Waals surface area (Å²) >= 11 is 0. The number of nitro benzene ring substituents is 1. The number of nitrogens with one attached hydrogen (secondary N) is 1. The second kappa shape index (κ2) is 6.39. The number of carbonyl (C=O) groups excluding carboxylic acids is 1. The second-order valence-electron chi connectivity index (χ2n) is 6.38. The molecule has 1 N–H and O–H groups in total. The molecule has 1 unspecified atom stereocenters. The topological polar surface area (TPSA) is 75.5 Å². The van der Waals surface area contributed by atoms with Crippen molar-refractivity contribution in [1.82, 2.24) is 10.4 Å². The number of carbonyl (C=O) groups is 1. The van der Waals surface area contributed by atoms with Crippen molar-refractivity contribution >= 4 is 11.6 Å². The zero-order valence-electron chi connectivity index (χ0n) is 13.3. The molecule has 1 saturated heterocycles. The van der Waals surface area contributed by atoms with E-state index in [2.05, 4.69) is 5.43 Å². The van der Waals surface area contributed by atoms with E-state index in [0.29, 0.717) is 0 Å². The molecule has 1 aliphatic rings. The number of amides is 1. The van der Waals surface area contributed by atoms with E-state index in [9.17, 15) is 28.1 Å². The number of benzene rings is 1. The molecule has 0 aromatic heterocycles. The first-order chi connectivity index (χ1) is 11.0. The largest absolute Gasteiger partial charge is 0.405 e. The number of para-hydroxylation sites is 1.